The average molecular weight is 611 g/mol. The lowest BCUT2D eigenvalue weighted by Crippen LogP contribution is -2.45. The molecule has 8 N–H and O–H groups in total. The second-order valence-electron chi connectivity index (χ2n) is 10.5. The van der Waals surface area contributed by atoms with Crippen LogP contribution < -0.4 is 32.8 Å². The summed E-state index contributed by atoms with van der Waals surface area (Å²) in [5.41, 5.74) is 15.7. The monoisotopic (exact) mass is 610 g/mol. The molecule has 0 aliphatic rings. The van der Waals surface area contributed by atoms with E-state index in [1.165, 1.54) is 0 Å². The highest BCUT2D eigenvalue weighted by molar-refractivity contribution is 6.32. The molecule has 0 unspecified atom stereocenters. The van der Waals surface area contributed by atoms with Crippen LogP contribution in [-0.2, 0) is 17.9 Å². The van der Waals surface area contributed by atoms with E-state index in [0.717, 1.165) is 11.1 Å². The van der Waals surface area contributed by atoms with E-state index in [0.29, 0.717) is 61.2 Å². The summed E-state index contributed by atoms with van der Waals surface area (Å²) in [5.74, 6) is 5.57. The number of aliphatic imine (C=N–C) groups is 1. The average Bonchev–Trinajstić information content (AvgIpc) is 3.01. The minimum absolute atomic E-state index is 0.0546. The molecular formula is C30H39ClN8O4. The van der Waals surface area contributed by atoms with Crippen molar-refractivity contribution in [3.05, 3.63) is 88.7 Å². The quantitative estimate of drug-likeness (QED) is 0.0599. The van der Waals surface area contributed by atoms with Gasteiger partial charge in [0.2, 0.25) is 5.96 Å². The van der Waals surface area contributed by atoms with Gasteiger partial charge in [-0.25, -0.2) is 15.6 Å². The number of hydrogen-bond donors (Lipinski definition) is 5. The van der Waals surface area contributed by atoms with Gasteiger partial charge in [-0.15, -0.1) is 0 Å². The van der Waals surface area contributed by atoms with Crippen molar-refractivity contribution in [3.8, 4) is 5.75 Å². The topological polar surface area (TPSA) is 183 Å². The molecule has 0 bridgehead atoms. The zero-order valence-electron chi connectivity index (χ0n) is 24.4. The number of nitrogens with one attached hydrogen (secondary N) is 2. The highest BCUT2D eigenvalue weighted by Crippen LogP contribution is 2.25. The Morgan fingerprint density at radius 3 is 2.53 bits per heavy atom. The Labute approximate surface area is 256 Å². The first-order valence-corrected chi connectivity index (χ1v) is 14.1. The molecule has 0 saturated carbocycles. The fraction of sp³-hybridized carbons (Fsp3) is 0.333. The van der Waals surface area contributed by atoms with Crippen LogP contribution in [0.2, 0.25) is 5.02 Å². The Balaban J connectivity index is 1.59. The largest absolute Gasteiger partial charge is 0.492 e. The van der Waals surface area contributed by atoms with Crippen LogP contribution in [0.15, 0.2) is 72.0 Å². The zero-order chi connectivity index (χ0) is 31.2. The van der Waals surface area contributed by atoms with Crippen LogP contribution in [0.1, 0.15) is 41.8 Å². The highest BCUT2D eigenvalue weighted by atomic mass is 35.5. The number of pyridine rings is 1. The molecule has 0 atom stereocenters. The normalized spacial score (nSPS) is 11.5. The van der Waals surface area contributed by atoms with Gasteiger partial charge in [0.1, 0.15) is 12.4 Å². The van der Waals surface area contributed by atoms with Gasteiger partial charge in [-0.1, -0.05) is 37.6 Å². The lowest BCUT2D eigenvalue weighted by atomic mass is 9.92. The molecule has 0 aliphatic heterocycles. The highest BCUT2D eigenvalue weighted by Gasteiger charge is 2.27. The van der Waals surface area contributed by atoms with Crippen LogP contribution >= 0.6 is 11.6 Å². The van der Waals surface area contributed by atoms with E-state index in [-0.39, 0.29) is 18.5 Å². The summed E-state index contributed by atoms with van der Waals surface area (Å²) in [6.45, 7) is 5.73. The number of aromatic nitrogens is 1. The van der Waals surface area contributed by atoms with Crippen LogP contribution in [-0.4, -0.2) is 54.1 Å². The van der Waals surface area contributed by atoms with Crippen molar-refractivity contribution < 1.29 is 19.1 Å². The predicted octanol–water partition coefficient (Wildman–Crippen LogP) is 3.47. The first-order chi connectivity index (χ1) is 20.6. The Kier molecular flexibility index (Phi) is 12.6. The molecular weight excluding hydrogens is 572 g/mol. The molecule has 0 radical (unpaired) electrons. The first kappa shape index (κ1) is 33.1. The minimum Gasteiger partial charge on any atom is -0.492 e. The number of nitrogens with zero attached hydrogens (tertiary/aromatic N) is 3. The molecule has 0 saturated heterocycles. The molecule has 1 heterocycles. The number of carbonyl (C=O) groups is 2. The Bertz CT molecular complexity index is 1370. The molecule has 3 rings (SSSR count). The van der Waals surface area contributed by atoms with Crippen molar-refractivity contribution in [1.29, 1.82) is 0 Å². The first-order valence-electron chi connectivity index (χ1n) is 13.7. The zero-order valence-corrected chi connectivity index (χ0v) is 25.1. The van der Waals surface area contributed by atoms with Crippen molar-refractivity contribution in [2.24, 2.45) is 27.7 Å². The van der Waals surface area contributed by atoms with Gasteiger partial charge in [0.15, 0.2) is 0 Å². The number of nitrogens with two attached hydrogens (primary N) is 3. The third kappa shape index (κ3) is 11.1. The molecule has 1 aromatic heterocycles. The van der Waals surface area contributed by atoms with Gasteiger partial charge in [0.25, 0.3) is 5.91 Å². The van der Waals surface area contributed by atoms with E-state index in [1.54, 1.807) is 59.8 Å². The molecule has 12 nitrogen and oxygen atoms in total. The minimum atomic E-state index is -0.489. The summed E-state index contributed by atoms with van der Waals surface area (Å²) in [7, 11) is 0. The molecule has 43 heavy (non-hydrogen) atoms. The van der Waals surface area contributed by atoms with E-state index < -0.39 is 11.5 Å². The molecule has 0 spiro atoms. The SMILES string of the molecule is CC(C)(CNC(=O)c1ccc(N=C(N)NN)cc1)CN(CCCOc1ccc(CN)cc1Cl)C(=O)OCc1cccnc1. The molecule has 2 aromatic carbocycles. The third-order valence-electron chi connectivity index (χ3n) is 6.28. The lowest BCUT2D eigenvalue weighted by Gasteiger charge is -2.32. The molecule has 0 fully saturated rings. The van der Waals surface area contributed by atoms with Crippen molar-refractivity contribution in [2.45, 2.75) is 33.4 Å². The molecule has 0 aliphatic carbocycles. The Morgan fingerprint density at radius 2 is 1.88 bits per heavy atom. The van der Waals surface area contributed by atoms with Crippen LogP contribution in [0.5, 0.6) is 5.75 Å². The van der Waals surface area contributed by atoms with Crippen LogP contribution in [0.3, 0.4) is 0 Å². The van der Waals surface area contributed by atoms with E-state index in [9.17, 15) is 9.59 Å². The van der Waals surface area contributed by atoms with Gasteiger partial charge in [-0.2, -0.15) is 0 Å². The number of amides is 2. The standard InChI is InChI=1S/C30H39ClN8O4/c1-30(2,19-36-27(40)23-7-9-24(10-8-23)37-28(33)38-34)20-39(29(41)43-18-22-5-3-12-35-17-22)13-4-14-42-26-11-6-21(16-32)15-25(26)31/h3,5-12,15,17H,4,13-14,16,18-20,32,34H2,1-2H3,(H,36,40)(H3,33,37,38). The maximum Gasteiger partial charge on any atom is 0.410 e. The number of ether oxygens (including phenoxy) is 2. The maximum atomic E-state index is 13.2. The van der Waals surface area contributed by atoms with Crippen molar-refractivity contribution in [2.75, 3.05) is 26.2 Å². The summed E-state index contributed by atoms with van der Waals surface area (Å²) in [6, 6.07) is 15.6. The number of hydrogen-bond acceptors (Lipinski definition) is 8. The van der Waals surface area contributed by atoms with Crippen LogP contribution in [0.4, 0.5) is 10.5 Å². The van der Waals surface area contributed by atoms with Crippen LogP contribution in [0, 0.1) is 5.41 Å². The van der Waals surface area contributed by atoms with E-state index in [4.69, 9.17) is 38.4 Å². The summed E-state index contributed by atoms with van der Waals surface area (Å²) in [4.78, 5) is 35.7. The Hall–Kier alpha value is -4.39. The fourth-order valence-electron chi connectivity index (χ4n) is 4.03. The summed E-state index contributed by atoms with van der Waals surface area (Å²) in [6.07, 6.45) is 3.35. The fourth-order valence-corrected chi connectivity index (χ4v) is 4.29. The number of carbonyl (C=O) groups excluding carboxylic acids is 2. The molecule has 13 heteroatoms. The van der Waals surface area contributed by atoms with Gasteiger partial charge < -0.3 is 31.2 Å². The third-order valence-corrected chi connectivity index (χ3v) is 6.57. The number of halogens is 1. The smallest absolute Gasteiger partial charge is 0.410 e. The van der Waals surface area contributed by atoms with Crippen molar-refractivity contribution in [3.63, 3.8) is 0 Å². The predicted molar refractivity (Wildman–Crippen MR) is 167 cm³/mol. The number of rotatable bonds is 14. The second-order valence-corrected chi connectivity index (χ2v) is 11.0. The van der Waals surface area contributed by atoms with Crippen molar-refractivity contribution >= 4 is 35.2 Å². The summed E-state index contributed by atoms with van der Waals surface area (Å²) >= 11 is 6.30. The number of benzene rings is 2. The number of guanidine groups is 1. The lowest BCUT2D eigenvalue weighted by molar-refractivity contribution is 0.0766. The van der Waals surface area contributed by atoms with E-state index in [1.807, 2.05) is 26.0 Å². The van der Waals surface area contributed by atoms with Gasteiger partial charge in [0.05, 0.1) is 17.3 Å². The summed E-state index contributed by atoms with van der Waals surface area (Å²) in [5, 5.41) is 3.43. The van der Waals surface area contributed by atoms with Gasteiger partial charge in [0, 0.05) is 49.7 Å². The second kappa shape index (κ2) is 16.3. The van der Waals surface area contributed by atoms with Gasteiger partial charge in [-0.05, 0) is 59.9 Å². The maximum absolute atomic E-state index is 13.2. The van der Waals surface area contributed by atoms with Crippen LogP contribution in [0.25, 0.3) is 0 Å². The Morgan fingerprint density at radius 1 is 1.12 bits per heavy atom. The van der Waals surface area contributed by atoms with E-state index >= 15 is 0 Å². The number of hydrazine groups is 1. The van der Waals surface area contributed by atoms with Gasteiger partial charge in [-0.3, -0.25) is 15.2 Å². The summed E-state index contributed by atoms with van der Waals surface area (Å²) < 4.78 is 11.4. The molecule has 230 valence electrons. The molecule has 2 amide bonds. The van der Waals surface area contributed by atoms with Gasteiger partial charge >= 0.3 is 6.09 Å². The van der Waals surface area contributed by atoms with Crippen molar-refractivity contribution in [1.82, 2.24) is 20.6 Å². The van der Waals surface area contributed by atoms with E-state index in [2.05, 4.69) is 20.7 Å². The molecule has 3 aromatic rings.